The Balaban J connectivity index is 1.54. The highest BCUT2D eigenvalue weighted by Gasteiger charge is 2.32. The fraction of sp³-hybridized carbons (Fsp3) is 0.250. The maximum absolute atomic E-state index is 13.0. The number of aromatic nitrogens is 2. The number of nitrogens with zero attached hydrogens (tertiary/aromatic N) is 4. The van der Waals surface area contributed by atoms with Crippen molar-refractivity contribution in [1.29, 1.82) is 0 Å². The molecule has 156 valence electrons. The van der Waals surface area contributed by atoms with Gasteiger partial charge in [0.1, 0.15) is 4.21 Å². The third-order valence-electron chi connectivity index (χ3n) is 4.93. The number of rotatable bonds is 4. The van der Waals surface area contributed by atoms with Crippen molar-refractivity contribution in [2.45, 2.75) is 11.1 Å². The maximum Gasteiger partial charge on any atom is 0.278 e. The van der Waals surface area contributed by atoms with Gasteiger partial charge in [0.2, 0.25) is 5.43 Å². The molecule has 0 bridgehead atoms. The first-order chi connectivity index (χ1) is 14.4. The molecule has 0 aliphatic carbocycles. The van der Waals surface area contributed by atoms with E-state index in [0.29, 0.717) is 5.69 Å². The summed E-state index contributed by atoms with van der Waals surface area (Å²) in [6, 6.07) is 13.9. The van der Waals surface area contributed by atoms with Crippen LogP contribution in [-0.4, -0.2) is 59.5 Å². The molecule has 1 aliphatic rings. The summed E-state index contributed by atoms with van der Waals surface area (Å²) in [5, 5.41) is 6.02. The first-order valence-electron chi connectivity index (χ1n) is 9.37. The predicted octanol–water partition coefficient (Wildman–Crippen LogP) is 1.75. The van der Waals surface area contributed by atoms with Gasteiger partial charge in [-0.05, 0) is 30.5 Å². The Labute approximate surface area is 178 Å². The topological polar surface area (TPSA) is 92.6 Å². The number of thiophene rings is 1. The SMILES string of the molecule is Cc1cc(=O)c(C(=O)N2CCN(S(=O)(=O)c3cccs3)CC2)nn1-c1ccccc1. The van der Waals surface area contributed by atoms with Crippen LogP contribution in [0.2, 0.25) is 0 Å². The van der Waals surface area contributed by atoms with Crippen LogP contribution in [0.1, 0.15) is 16.2 Å². The number of hydrogen-bond acceptors (Lipinski definition) is 6. The van der Waals surface area contributed by atoms with Crippen molar-refractivity contribution in [3.8, 4) is 5.69 Å². The molecule has 8 nitrogen and oxygen atoms in total. The number of carbonyl (C=O) groups excluding carboxylic acids is 1. The van der Waals surface area contributed by atoms with Crippen LogP contribution in [0.5, 0.6) is 0 Å². The third-order valence-corrected chi connectivity index (χ3v) is 8.20. The first kappa shape index (κ1) is 20.5. The lowest BCUT2D eigenvalue weighted by molar-refractivity contribution is 0.0688. The monoisotopic (exact) mass is 444 g/mol. The van der Waals surface area contributed by atoms with Crippen LogP contribution in [0.25, 0.3) is 5.69 Å². The highest BCUT2D eigenvalue weighted by Crippen LogP contribution is 2.22. The quantitative estimate of drug-likeness (QED) is 0.611. The van der Waals surface area contributed by atoms with Gasteiger partial charge in [0, 0.05) is 37.9 Å². The van der Waals surface area contributed by atoms with Crippen LogP contribution < -0.4 is 5.43 Å². The van der Waals surface area contributed by atoms with Crippen LogP contribution in [0, 0.1) is 6.92 Å². The van der Waals surface area contributed by atoms with Gasteiger partial charge in [-0.1, -0.05) is 24.3 Å². The molecule has 2 aromatic heterocycles. The molecule has 1 saturated heterocycles. The second-order valence-corrected chi connectivity index (χ2v) is 9.99. The number of benzene rings is 1. The highest BCUT2D eigenvalue weighted by molar-refractivity contribution is 7.91. The van der Waals surface area contributed by atoms with Crippen LogP contribution in [0.15, 0.2) is 62.9 Å². The molecule has 0 atom stereocenters. The Morgan fingerprint density at radius 2 is 1.73 bits per heavy atom. The van der Waals surface area contributed by atoms with Gasteiger partial charge in [-0.3, -0.25) is 9.59 Å². The number of aryl methyl sites for hydroxylation is 1. The number of para-hydroxylation sites is 1. The number of piperazine rings is 1. The van der Waals surface area contributed by atoms with Crippen molar-refractivity contribution in [3.63, 3.8) is 0 Å². The molecule has 1 aromatic carbocycles. The Morgan fingerprint density at radius 1 is 1.03 bits per heavy atom. The van der Waals surface area contributed by atoms with Gasteiger partial charge in [-0.25, -0.2) is 13.1 Å². The zero-order chi connectivity index (χ0) is 21.3. The second-order valence-electron chi connectivity index (χ2n) is 6.87. The zero-order valence-electron chi connectivity index (χ0n) is 16.3. The molecule has 3 heterocycles. The molecule has 10 heteroatoms. The van der Waals surface area contributed by atoms with Gasteiger partial charge in [0.15, 0.2) is 5.69 Å². The van der Waals surface area contributed by atoms with E-state index in [1.165, 1.54) is 26.6 Å². The third kappa shape index (κ3) is 3.81. The normalized spacial score (nSPS) is 15.3. The fourth-order valence-electron chi connectivity index (χ4n) is 3.34. The molecule has 1 fully saturated rings. The molecular formula is C20H20N4O4S2. The van der Waals surface area contributed by atoms with Gasteiger partial charge < -0.3 is 4.90 Å². The predicted molar refractivity (Wildman–Crippen MR) is 114 cm³/mol. The highest BCUT2D eigenvalue weighted by atomic mass is 32.2. The van der Waals surface area contributed by atoms with E-state index in [0.717, 1.165) is 5.69 Å². The van der Waals surface area contributed by atoms with E-state index < -0.39 is 21.4 Å². The van der Waals surface area contributed by atoms with E-state index in [4.69, 9.17) is 0 Å². The minimum atomic E-state index is -3.56. The summed E-state index contributed by atoms with van der Waals surface area (Å²) >= 11 is 1.17. The van der Waals surface area contributed by atoms with Gasteiger partial charge in [0.05, 0.1) is 5.69 Å². The molecule has 1 amide bonds. The smallest absolute Gasteiger partial charge is 0.278 e. The molecule has 0 unspecified atom stereocenters. The molecule has 4 rings (SSSR count). The first-order valence-corrected chi connectivity index (χ1v) is 11.7. The van der Waals surface area contributed by atoms with Gasteiger partial charge in [0.25, 0.3) is 15.9 Å². The summed E-state index contributed by atoms with van der Waals surface area (Å²) in [7, 11) is -3.56. The largest absolute Gasteiger partial charge is 0.334 e. The van der Waals surface area contributed by atoms with Crippen molar-refractivity contribution in [2.24, 2.45) is 0 Å². The van der Waals surface area contributed by atoms with Crippen LogP contribution in [-0.2, 0) is 10.0 Å². The Bertz CT molecular complexity index is 1210. The van der Waals surface area contributed by atoms with E-state index in [-0.39, 0.29) is 36.1 Å². The van der Waals surface area contributed by atoms with Gasteiger partial charge in [-0.15, -0.1) is 11.3 Å². The van der Waals surface area contributed by atoms with E-state index >= 15 is 0 Å². The Morgan fingerprint density at radius 3 is 2.37 bits per heavy atom. The van der Waals surface area contributed by atoms with E-state index in [1.807, 2.05) is 30.3 Å². The zero-order valence-corrected chi connectivity index (χ0v) is 17.9. The van der Waals surface area contributed by atoms with Crippen molar-refractivity contribution < 1.29 is 13.2 Å². The summed E-state index contributed by atoms with van der Waals surface area (Å²) in [4.78, 5) is 26.9. The van der Waals surface area contributed by atoms with E-state index in [1.54, 1.807) is 29.1 Å². The summed E-state index contributed by atoms with van der Waals surface area (Å²) in [6.45, 7) is 2.49. The van der Waals surface area contributed by atoms with Crippen LogP contribution in [0.3, 0.4) is 0 Å². The molecule has 30 heavy (non-hydrogen) atoms. The van der Waals surface area contributed by atoms with Gasteiger partial charge in [-0.2, -0.15) is 9.40 Å². The molecule has 0 radical (unpaired) electrons. The summed E-state index contributed by atoms with van der Waals surface area (Å²) in [5.41, 5.74) is 0.753. The lowest BCUT2D eigenvalue weighted by Gasteiger charge is -2.33. The summed E-state index contributed by atoms with van der Waals surface area (Å²) in [5.74, 6) is -0.488. The number of hydrogen-bond donors (Lipinski definition) is 0. The van der Waals surface area contributed by atoms with Crippen LogP contribution in [0.4, 0.5) is 0 Å². The molecule has 1 aliphatic heterocycles. The van der Waals surface area contributed by atoms with Crippen LogP contribution >= 0.6 is 11.3 Å². The average Bonchev–Trinajstić information content (AvgIpc) is 3.30. The van der Waals surface area contributed by atoms with E-state index in [2.05, 4.69) is 5.10 Å². The van der Waals surface area contributed by atoms with Crippen molar-refractivity contribution in [3.05, 3.63) is 75.5 Å². The minimum absolute atomic E-state index is 0.168. The summed E-state index contributed by atoms with van der Waals surface area (Å²) < 4.78 is 28.5. The van der Waals surface area contributed by atoms with Gasteiger partial charge >= 0.3 is 0 Å². The molecular weight excluding hydrogens is 424 g/mol. The fourth-order valence-corrected chi connectivity index (χ4v) is 5.91. The molecule has 0 N–H and O–H groups in total. The lowest BCUT2D eigenvalue weighted by atomic mass is 10.2. The second kappa shape index (κ2) is 8.13. The maximum atomic E-state index is 13.0. The van der Waals surface area contributed by atoms with Crippen molar-refractivity contribution in [1.82, 2.24) is 19.0 Å². The summed E-state index contributed by atoms with van der Waals surface area (Å²) in [6.07, 6.45) is 0. The number of amides is 1. The van der Waals surface area contributed by atoms with Crippen molar-refractivity contribution >= 4 is 27.3 Å². The number of sulfonamides is 1. The minimum Gasteiger partial charge on any atom is -0.334 e. The van der Waals surface area contributed by atoms with Crippen molar-refractivity contribution in [2.75, 3.05) is 26.2 Å². The Kier molecular flexibility index (Phi) is 5.54. The van der Waals surface area contributed by atoms with E-state index in [9.17, 15) is 18.0 Å². The molecule has 0 spiro atoms. The molecule has 0 saturated carbocycles. The lowest BCUT2D eigenvalue weighted by Crippen LogP contribution is -2.51. The molecule has 3 aromatic rings. The Hall–Kier alpha value is -2.82. The average molecular weight is 445 g/mol. The standard InChI is InChI=1S/C20H20N4O4S2/c1-15-14-17(25)19(21-24(15)16-6-3-2-4-7-16)20(26)22-9-11-23(12-10-22)30(27,28)18-8-5-13-29-18/h2-8,13-14H,9-12H2,1H3. The number of carbonyl (C=O) groups is 1.